The molecule has 8 heteroatoms. The summed E-state index contributed by atoms with van der Waals surface area (Å²) < 4.78 is 11.7. The van der Waals surface area contributed by atoms with Gasteiger partial charge in [0, 0.05) is 23.2 Å². The second-order valence-corrected chi connectivity index (χ2v) is 8.73. The van der Waals surface area contributed by atoms with E-state index in [1.807, 2.05) is 62.4 Å². The third-order valence-corrected chi connectivity index (χ3v) is 5.89. The Morgan fingerprint density at radius 3 is 2.71 bits per heavy atom. The average Bonchev–Trinajstić information content (AvgIpc) is 3.31. The lowest BCUT2D eigenvalue weighted by molar-refractivity contribution is 0.145. The van der Waals surface area contributed by atoms with E-state index in [4.69, 9.17) is 9.47 Å². The van der Waals surface area contributed by atoms with Gasteiger partial charge in [0.15, 0.2) is 5.90 Å². The molecule has 1 aliphatic rings. The maximum atomic E-state index is 9.75. The summed E-state index contributed by atoms with van der Waals surface area (Å²) in [6.45, 7) is 6.09. The normalized spacial score (nSPS) is 16.0. The van der Waals surface area contributed by atoms with Crippen LogP contribution in [0.25, 0.3) is 10.9 Å². The number of nitrogens with one attached hydrogen (secondary N) is 1. The molecule has 35 heavy (non-hydrogen) atoms. The number of ether oxygens (including phenoxy) is 2. The van der Waals surface area contributed by atoms with Crippen molar-refractivity contribution in [1.29, 1.82) is 0 Å². The molecule has 0 fully saturated rings. The fourth-order valence-electron chi connectivity index (χ4n) is 3.89. The minimum Gasteiger partial charge on any atom is -0.478 e. The number of rotatable bonds is 7. The third-order valence-electron chi connectivity index (χ3n) is 5.89. The number of benzene rings is 2. The molecular formula is C27H27N5O3. The SMILES string of the molecule is Cc1ccc(Oc2ccc(Nc3ncnc4ccc(CC5=NC([C@@H](C)O)CO5)cc34)cc2C)cn1. The zero-order valence-corrected chi connectivity index (χ0v) is 19.9. The average molecular weight is 470 g/mol. The highest BCUT2D eigenvalue weighted by molar-refractivity contribution is 5.92. The van der Waals surface area contributed by atoms with Gasteiger partial charge >= 0.3 is 0 Å². The Hall–Kier alpha value is -4.04. The number of anilines is 2. The van der Waals surface area contributed by atoms with Gasteiger partial charge in [-0.05, 0) is 74.4 Å². The van der Waals surface area contributed by atoms with Gasteiger partial charge in [-0.15, -0.1) is 0 Å². The molecular weight excluding hydrogens is 442 g/mol. The van der Waals surface area contributed by atoms with Crippen molar-refractivity contribution in [3.8, 4) is 11.5 Å². The van der Waals surface area contributed by atoms with Crippen LogP contribution in [0.4, 0.5) is 11.5 Å². The van der Waals surface area contributed by atoms with E-state index in [0.29, 0.717) is 30.5 Å². The number of aryl methyl sites for hydroxylation is 2. The Kier molecular flexibility index (Phi) is 6.29. The quantitative estimate of drug-likeness (QED) is 0.397. The predicted molar refractivity (Wildman–Crippen MR) is 136 cm³/mol. The first kappa shape index (κ1) is 22.7. The number of aromatic nitrogens is 3. The molecule has 0 aliphatic carbocycles. The molecule has 2 N–H and O–H groups in total. The van der Waals surface area contributed by atoms with Crippen LogP contribution in [0.1, 0.15) is 23.7 Å². The summed E-state index contributed by atoms with van der Waals surface area (Å²) in [5.74, 6) is 2.81. The maximum absolute atomic E-state index is 9.75. The van der Waals surface area contributed by atoms with Gasteiger partial charge in [-0.3, -0.25) is 4.98 Å². The van der Waals surface area contributed by atoms with Crippen LogP contribution in [0.2, 0.25) is 0 Å². The van der Waals surface area contributed by atoms with Crippen molar-refractivity contribution in [3.63, 3.8) is 0 Å². The van der Waals surface area contributed by atoms with Crippen LogP contribution in [0.15, 0.2) is 66.0 Å². The first-order valence-electron chi connectivity index (χ1n) is 11.5. The number of hydrogen-bond acceptors (Lipinski definition) is 8. The van der Waals surface area contributed by atoms with E-state index >= 15 is 0 Å². The highest BCUT2D eigenvalue weighted by Gasteiger charge is 2.23. The Bertz CT molecular complexity index is 1390. The predicted octanol–water partition coefficient (Wildman–Crippen LogP) is 4.90. The van der Waals surface area contributed by atoms with Gasteiger partial charge in [-0.1, -0.05) is 6.07 Å². The lowest BCUT2D eigenvalue weighted by Crippen LogP contribution is -2.21. The minimum atomic E-state index is -0.526. The molecule has 1 unspecified atom stereocenters. The van der Waals surface area contributed by atoms with E-state index in [1.54, 1.807) is 19.4 Å². The van der Waals surface area contributed by atoms with Gasteiger partial charge in [0.1, 0.15) is 36.3 Å². The molecule has 5 rings (SSSR count). The van der Waals surface area contributed by atoms with Gasteiger partial charge in [-0.2, -0.15) is 0 Å². The van der Waals surface area contributed by atoms with Gasteiger partial charge in [0.2, 0.25) is 0 Å². The molecule has 2 aromatic carbocycles. The monoisotopic (exact) mass is 469 g/mol. The van der Waals surface area contributed by atoms with Gasteiger partial charge in [-0.25, -0.2) is 15.0 Å². The highest BCUT2D eigenvalue weighted by atomic mass is 16.5. The number of pyridine rings is 1. The number of aliphatic imine (C=N–C) groups is 1. The lowest BCUT2D eigenvalue weighted by atomic mass is 10.1. The van der Waals surface area contributed by atoms with Crippen LogP contribution in [0.5, 0.6) is 11.5 Å². The maximum Gasteiger partial charge on any atom is 0.188 e. The minimum absolute atomic E-state index is 0.205. The molecule has 8 nitrogen and oxygen atoms in total. The zero-order valence-electron chi connectivity index (χ0n) is 19.9. The third kappa shape index (κ3) is 5.22. The number of aliphatic hydroxyl groups excluding tert-OH is 1. The van der Waals surface area contributed by atoms with E-state index in [1.165, 1.54) is 0 Å². The molecule has 4 aromatic rings. The first-order valence-corrected chi connectivity index (χ1v) is 11.5. The van der Waals surface area contributed by atoms with Crippen LogP contribution >= 0.6 is 0 Å². The summed E-state index contributed by atoms with van der Waals surface area (Å²) in [6, 6.07) is 15.6. The largest absolute Gasteiger partial charge is 0.478 e. The molecule has 0 amide bonds. The van der Waals surface area contributed by atoms with Crippen LogP contribution < -0.4 is 10.1 Å². The van der Waals surface area contributed by atoms with E-state index in [0.717, 1.165) is 39.2 Å². The number of aliphatic hydroxyl groups is 1. The first-order chi connectivity index (χ1) is 16.9. The summed E-state index contributed by atoms with van der Waals surface area (Å²) in [4.78, 5) is 17.7. The Morgan fingerprint density at radius 2 is 1.97 bits per heavy atom. The fraction of sp³-hybridized carbons (Fsp3) is 0.259. The molecule has 178 valence electrons. The van der Waals surface area contributed by atoms with Gasteiger partial charge in [0.05, 0.1) is 17.8 Å². The molecule has 0 spiro atoms. The van der Waals surface area contributed by atoms with Crippen molar-refractivity contribution in [2.24, 2.45) is 4.99 Å². The molecule has 0 radical (unpaired) electrons. The molecule has 2 aromatic heterocycles. The van der Waals surface area contributed by atoms with Gasteiger partial charge < -0.3 is 19.9 Å². The summed E-state index contributed by atoms with van der Waals surface area (Å²) in [6.07, 6.45) is 3.29. The molecule has 0 bridgehead atoms. The van der Waals surface area contributed by atoms with Crippen molar-refractivity contribution in [2.75, 3.05) is 11.9 Å². The van der Waals surface area contributed by atoms with E-state index in [9.17, 15) is 5.11 Å². The summed E-state index contributed by atoms with van der Waals surface area (Å²) in [5.41, 5.74) is 4.70. The van der Waals surface area contributed by atoms with Crippen molar-refractivity contribution in [3.05, 3.63) is 77.9 Å². The second kappa shape index (κ2) is 9.68. The number of fused-ring (bicyclic) bond motifs is 1. The van der Waals surface area contributed by atoms with Crippen LogP contribution in [-0.4, -0.2) is 44.7 Å². The zero-order chi connectivity index (χ0) is 24.4. The smallest absolute Gasteiger partial charge is 0.188 e. The van der Waals surface area contributed by atoms with Crippen LogP contribution in [-0.2, 0) is 11.2 Å². The molecule has 1 aliphatic heterocycles. The highest BCUT2D eigenvalue weighted by Crippen LogP contribution is 2.30. The summed E-state index contributed by atoms with van der Waals surface area (Å²) >= 11 is 0. The molecule has 0 saturated heterocycles. The van der Waals surface area contributed by atoms with Crippen LogP contribution in [0, 0.1) is 13.8 Å². The van der Waals surface area contributed by atoms with Crippen molar-refractivity contribution in [2.45, 2.75) is 39.3 Å². The topological polar surface area (TPSA) is 102 Å². The van der Waals surface area contributed by atoms with E-state index in [2.05, 4.69) is 25.3 Å². The van der Waals surface area contributed by atoms with E-state index in [-0.39, 0.29) is 6.04 Å². The molecule has 3 heterocycles. The Labute approximate surface area is 203 Å². The fourth-order valence-corrected chi connectivity index (χ4v) is 3.89. The lowest BCUT2D eigenvalue weighted by Gasteiger charge is -2.13. The number of hydrogen-bond donors (Lipinski definition) is 2. The summed E-state index contributed by atoms with van der Waals surface area (Å²) in [7, 11) is 0. The van der Waals surface area contributed by atoms with Crippen molar-refractivity contribution < 1.29 is 14.6 Å². The Morgan fingerprint density at radius 1 is 1.09 bits per heavy atom. The second-order valence-electron chi connectivity index (χ2n) is 8.73. The number of nitrogens with zero attached hydrogens (tertiary/aromatic N) is 4. The Balaban J connectivity index is 1.36. The summed E-state index contributed by atoms with van der Waals surface area (Å²) in [5, 5.41) is 14.1. The van der Waals surface area contributed by atoms with Crippen molar-refractivity contribution in [1.82, 2.24) is 15.0 Å². The standard InChI is InChI=1S/C27H27N5O3/c1-16-10-20(6-9-25(16)35-21-7-4-17(2)28-13-21)31-27-22-11-19(5-8-23(22)29-15-30-27)12-26-32-24(14-34-26)18(3)33/h4-11,13,15,18,24,33H,12,14H2,1-3H3,(H,29,30,31)/t18-,24?/m1/s1. The molecule has 0 saturated carbocycles. The van der Waals surface area contributed by atoms with Crippen molar-refractivity contribution >= 4 is 28.3 Å². The van der Waals surface area contributed by atoms with Crippen LogP contribution in [0.3, 0.4) is 0 Å². The van der Waals surface area contributed by atoms with Gasteiger partial charge in [0.25, 0.3) is 0 Å². The van der Waals surface area contributed by atoms with E-state index < -0.39 is 6.10 Å². The molecule has 2 atom stereocenters.